The van der Waals surface area contributed by atoms with Gasteiger partial charge in [0.2, 0.25) is 0 Å². The van der Waals surface area contributed by atoms with Gasteiger partial charge in [-0.15, -0.1) is 11.8 Å². The summed E-state index contributed by atoms with van der Waals surface area (Å²) in [5.74, 6) is 1.92. The van der Waals surface area contributed by atoms with Crippen molar-refractivity contribution in [1.82, 2.24) is 4.90 Å². The molecule has 1 saturated heterocycles. The van der Waals surface area contributed by atoms with E-state index in [-0.39, 0.29) is 0 Å². The van der Waals surface area contributed by atoms with Gasteiger partial charge in [-0.3, -0.25) is 0 Å². The molecule has 3 heteroatoms. The fourth-order valence-electron chi connectivity index (χ4n) is 2.97. The maximum atomic E-state index is 5.71. The molecule has 0 spiro atoms. The molecule has 3 rings (SSSR count). The predicted molar refractivity (Wildman–Crippen MR) is 76.4 cm³/mol. The third-order valence-electron chi connectivity index (χ3n) is 3.87. The zero-order valence-electron chi connectivity index (χ0n) is 11.0. The van der Waals surface area contributed by atoms with Gasteiger partial charge in [0.05, 0.1) is 6.10 Å². The van der Waals surface area contributed by atoms with Crippen LogP contribution >= 0.6 is 11.8 Å². The molecule has 0 amide bonds. The molecular formula is C15H21NOS. The van der Waals surface area contributed by atoms with Crippen LogP contribution in [-0.4, -0.2) is 43.5 Å². The van der Waals surface area contributed by atoms with Crippen LogP contribution < -0.4 is 0 Å². The van der Waals surface area contributed by atoms with Crippen molar-refractivity contribution in [2.24, 2.45) is 0 Å². The van der Waals surface area contributed by atoms with E-state index in [4.69, 9.17) is 4.74 Å². The number of rotatable bonds is 4. The van der Waals surface area contributed by atoms with Crippen molar-refractivity contribution >= 4 is 11.8 Å². The number of likely N-dealkylation sites (N-methyl/N-ethyl adjacent to an activating group) is 1. The molecule has 2 nitrogen and oxygen atoms in total. The quantitative estimate of drug-likeness (QED) is 0.828. The highest BCUT2D eigenvalue weighted by Gasteiger charge is 2.25. The van der Waals surface area contributed by atoms with Gasteiger partial charge in [-0.05, 0) is 31.5 Å². The Balaban J connectivity index is 1.57. The number of thioether (sulfide) groups is 1. The van der Waals surface area contributed by atoms with Crippen molar-refractivity contribution in [2.45, 2.75) is 29.8 Å². The number of fused-ring (bicyclic) bond motifs is 1. The van der Waals surface area contributed by atoms with Crippen LogP contribution in [0.4, 0.5) is 0 Å². The van der Waals surface area contributed by atoms with Crippen LogP contribution in [0.15, 0.2) is 29.2 Å². The average Bonchev–Trinajstić information content (AvgIpc) is 3.00. The second kappa shape index (κ2) is 5.64. The molecule has 2 unspecified atom stereocenters. The van der Waals surface area contributed by atoms with Crippen LogP contribution in [0.25, 0.3) is 0 Å². The summed E-state index contributed by atoms with van der Waals surface area (Å²) in [4.78, 5) is 3.93. The van der Waals surface area contributed by atoms with E-state index in [1.807, 2.05) is 11.8 Å². The molecule has 0 aromatic heterocycles. The lowest BCUT2D eigenvalue weighted by molar-refractivity contribution is 0.0801. The van der Waals surface area contributed by atoms with E-state index in [9.17, 15) is 0 Å². The molecule has 2 atom stereocenters. The van der Waals surface area contributed by atoms with Gasteiger partial charge < -0.3 is 9.64 Å². The highest BCUT2D eigenvalue weighted by Crippen LogP contribution is 2.39. The summed E-state index contributed by atoms with van der Waals surface area (Å²) in [6, 6.07) is 8.85. The predicted octanol–water partition coefficient (Wildman–Crippen LogP) is 2.99. The van der Waals surface area contributed by atoms with Gasteiger partial charge >= 0.3 is 0 Å². The fourth-order valence-corrected chi connectivity index (χ4v) is 4.21. The Labute approximate surface area is 114 Å². The minimum absolute atomic E-state index is 0.472. The lowest BCUT2D eigenvalue weighted by atomic mass is 10.0. The first kappa shape index (κ1) is 12.5. The number of hydrogen-bond donors (Lipinski definition) is 0. The first-order valence-electron chi connectivity index (χ1n) is 6.85. The molecule has 18 heavy (non-hydrogen) atoms. The van der Waals surface area contributed by atoms with Crippen molar-refractivity contribution < 1.29 is 4.74 Å². The maximum Gasteiger partial charge on any atom is 0.0702 e. The van der Waals surface area contributed by atoms with Crippen molar-refractivity contribution in [2.75, 3.05) is 32.5 Å². The van der Waals surface area contributed by atoms with E-state index in [2.05, 4.69) is 36.2 Å². The van der Waals surface area contributed by atoms with Crippen molar-refractivity contribution in [1.29, 1.82) is 0 Å². The van der Waals surface area contributed by atoms with Crippen LogP contribution in [0.1, 0.15) is 24.3 Å². The van der Waals surface area contributed by atoms with Crippen LogP contribution in [0, 0.1) is 0 Å². The van der Waals surface area contributed by atoms with Crippen LogP contribution in [0.3, 0.4) is 0 Å². The van der Waals surface area contributed by atoms with Crippen LogP contribution in [0.2, 0.25) is 0 Å². The van der Waals surface area contributed by atoms with E-state index < -0.39 is 0 Å². The minimum Gasteiger partial charge on any atom is -0.377 e. The summed E-state index contributed by atoms with van der Waals surface area (Å²) in [6.07, 6.45) is 2.94. The van der Waals surface area contributed by atoms with Crippen molar-refractivity contribution in [3.05, 3.63) is 29.8 Å². The lowest BCUT2D eigenvalue weighted by Gasteiger charge is -2.23. The maximum absolute atomic E-state index is 5.71. The summed E-state index contributed by atoms with van der Waals surface area (Å²) < 4.78 is 5.71. The number of benzene rings is 1. The highest BCUT2D eigenvalue weighted by atomic mass is 32.2. The summed E-state index contributed by atoms with van der Waals surface area (Å²) >= 11 is 2.00. The topological polar surface area (TPSA) is 12.5 Å². The highest BCUT2D eigenvalue weighted by molar-refractivity contribution is 7.99. The van der Waals surface area contributed by atoms with Gasteiger partial charge in [0.25, 0.3) is 0 Å². The summed E-state index contributed by atoms with van der Waals surface area (Å²) in [5, 5.41) is 0. The van der Waals surface area contributed by atoms with Gasteiger partial charge in [0.1, 0.15) is 0 Å². The molecular weight excluding hydrogens is 242 g/mol. The molecule has 1 aromatic carbocycles. The largest absolute Gasteiger partial charge is 0.377 e. The second-order valence-corrected chi connectivity index (χ2v) is 6.46. The smallest absolute Gasteiger partial charge is 0.0702 e. The average molecular weight is 263 g/mol. The second-order valence-electron chi connectivity index (χ2n) is 5.40. The van der Waals surface area contributed by atoms with E-state index in [1.54, 1.807) is 5.56 Å². The summed E-state index contributed by atoms with van der Waals surface area (Å²) in [6.45, 7) is 3.20. The molecule has 1 aromatic rings. The third-order valence-corrected chi connectivity index (χ3v) is 5.12. The third kappa shape index (κ3) is 2.73. The molecule has 0 aliphatic carbocycles. The van der Waals surface area contributed by atoms with Crippen LogP contribution in [0.5, 0.6) is 0 Å². The molecule has 0 bridgehead atoms. The number of hydrogen-bond acceptors (Lipinski definition) is 3. The molecule has 0 saturated carbocycles. The van der Waals surface area contributed by atoms with Crippen molar-refractivity contribution in [3.63, 3.8) is 0 Å². The minimum atomic E-state index is 0.472. The van der Waals surface area contributed by atoms with Gasteiger partial charge in [-0.1, -0.05) is 18.2 Å². The Morgan fingerprint density at radius 1 is 1.33 bits per heavy atom. The Bertz CT molecular complexity index is 403. The molecule has 0 N–H and O–H groups in total. The van der Waals surface area contributed by atoms with Gasteiger partial charge in [0, 0.05) is 36.3 Å². The monoisotopic (exact) mass is 263 g/mol. The SMILES string of the molecule is CN(CC1CCCO1)CC1CSc2ccccc21. The van der Waals surface area contributed by atoms with E-state index in [0.717, 1.165) is 19.7 Å². The molecule has 2 aliphatic heterocycles. The molecule has 0 radical (unpaired) electrons. The first-order valence-corrected chi connectivity index (χ1v) is 7.83. The van der Waals surface area contributed by atoms with E-state index in [0.29, 0.717) is 12.0 Å². The molecule has 1 fully saturated rings. The Hall–Kier alpha value is -0.510. The van der Waals surface area contributed by atoms with Crippen LogP contribution in [-0.2, 0) is 4.74 Å². The fraction of sp³-hybridized carbons (Fsp3) is 0.600. The Kier molecular flexibility index (Phi) is 3.92. The Morgan fingerprint density at radius 2 is 2.22 bits per heavy atom. The van der Waals surface area contributed by atoms with Gasteiger partial charge in [0.15, 0.2) is 0 Å². The lowest BCUT2D eigenvalue weighted by Crippen LogP contribution is -2.32. The zero-order chi connectivity index (χ0) is 12.4. The Morgan fingerprint density at radius 3 is 3.06 bits per heavy atom. The summed E-state index contributed by atoms with van der Waals surface area (Å²) in [7, 11) is 2.23. The van der Waals surface area contributed by atoms with E-state index in [1.165, 1.54) is 23.5 Å². The van der Waals surface area contributed by atoms with Crippen molar-refractivity contribution in [3.8, 4) is 0 Å². The van der Waals surface area contributed by atoms with Gasteiger partial charge in [-0.2, -0.15) is 0 Å². The molecule has 2 heterocycles. The first-order chi connectivity index (χ1) is 8.83. The number of ether oxygens (including phenoxy) is 1. The standard InChI is InChI=1S/C15H21NOS/c1-16(10-13-5-4-8-17-13)9-12-11-18-15-7-3-2-6-14(12)15/h2-3,6-7,12-13H,4-5,8-11H2,1H3. The summed E-state index contributed by atoms with van der Waals surface area (Å²) in [5.41, 5.74) is 1.54. The number of nitrogens with zero attached hydrogens (tertiary/aromatic N) is 1. The van der Waals surface area contributed by atoms with E-state index >= 15 is 0 Å². The zero-order valence-corrected chi connectivity index (χ0v) is 11.8. The normalized spacial score (nSPS) is 26.8. The molecule has 98 valence electrons. The molecule has 2 aliphatic rings. The van der Waals surface area contributed by atoms with Gasteiger partial charge in [-0.25, -0.2) is 0 Å².